The van der Waals surface area contributed by atoms with Crippen molar-refractivity contribution in [2.24, 2.45) is 17.8 Å². The molecular weight excluding hydrogens is 286 g/mol. The van der Waals surface area contributed by atoms with Crippen LogP contribution in [0.5, 0.6) is 0 Å². The summed E-state index contributed by atoms with van der Waals surface area (Å²) in [7, 11) is 2.19. The molecule has 1 saturated heterocycles. The lowest BCUT2D eigenvalue weighted by Crippen LogP contribution is -2.28. The summed E-state index contributed by atoms with van der Waals surface area (Å²) in [5, 5.41) is 0. The number of hydrogen-bond acceptors (Lipinski definition) is 4. The van der Waals surface area contributed by atoms with Gasteiger partial charge in [0.25, 0.3) is 0 Å². The van der Waals surface area contributed by atoms with E-state index < -0.39 is 0 Å². The molecule has 0 aromatic carbocycles. The molecule has 3 rings (SSSR count). The average Bonchev–Trinajstić information content (AvgIpc) is 3.00. The summed E-state index contributed by atoms with van der Waals surface area (Å²) in [5.74, 6) is 2.56. The Balaban J connectivity index is 1.26. The number of likely N-dealkylation sites (tertiary alicyclic amines) is 1. The van der Waals surface area contributed by atoms with Crippen LogP contribution in [0.2, 0.25) is 0 Å². The van der Waals surface area contributed by atoms with Gasteiger partial charge < -0.3 is 9.64 Å². The van der Waals surface area contributed by atoms with Crippen molar-refractivity contribution in [3.63, 3.8) is 0 Å². The number of ether oxygens (including phenoxy) is 1. The zero-order valence-electron chi connectivity index (χ0n) is 14.8. The minimum atomic E-state index is 0.628. The number of piperidine rings is 1. The smallest absolute Gasteiger partial charge is 0.0543 e. The van der Waals surface area contributed by atoms with Gasteiger partial charge >= 0.3 is 0 Å². The summed E-state index contributed by atoms with van der Waals surface area (Å²) in [6, 6.07) is 6.81. The van der Waals surface area contributed by atoms with Gasteiger partial charge in [0.05, 0.1) is 12.3 Å². The third kappa shape index (κ3) is 4.52. The van der Waals surface area contributed by atoms with E-state index in [1.807, 2.05) is 12.3 Å². The molecule has 0 spiro atoms. The first-order valence-electron chi connectivity index (χ1n) is 9.05. The SMILES string of the molecule is CC(C)N(C)CCCOCC1C2CN(Cc3ccccn3)CC12. The Kier molecular flexibility index (Phi) is 5.67. The van der Waals surface area contributed by atoms with Gasteiger partial charge in [0.1, 0.15) is 0 Å². The Bertz CT molecular complexity index is 467. The largest absolute Gasteiger partial charge is 0.381 e. The summed E-state index contributed by atoms with van der Waals surface area (Å²) in [4.78, 5) is 9.35. The van der Waals surface area contributed by atoms with E-state index in [0.717, 1.165) is 50.5 Å². The standard InChI is InChI=1S/C19H31N3O/c1-15(2)21(3)9-6-10-23-14-19-17-12-22(13-18(17)19)11-16-7-4-5-8-20-16/h4-5,7-8,15,17-19H,6,9-14H2,1-3H3. The van der Waals surface area contributed by atoms with Gasteiger partial charge in [0.2, 0.25) is 0 Å². The fraction of sp³-hybridized carbons (Fsp3) is 0.737. The van der Waals surface area contributed by atoms with Crippen molar-refractivity contribution in [2.45, 2.75) is 32.9 Å². The number of nitrogens with zero attached hydrogens (tertiary/aromatic N) is 3. The zero-order chi connectivity index (χ0) is 16.2. The van der Waals surface area contributed by atoms with E-state index in [-0.39, 0.29) is 0 Å². The van der Waals surface area contributed by atoms with Gasteiger partial charge in [-0.15, -0.1) is 0 Å². The van der Waals surface area contributed by atoms with Crippen LogP contribution in [-0.2, 0) is 11.3 Å². The van der Waals surface area contributed by atoms with Gasteiger partial charge in [-0.1, -0.05) is 6.07 Å². The van der Waals surface area contributed by atoms with Crippen LogP contribution in [-0.4, -0.2) is 60.7 Å². The van der Waals surface area contributed by atoms with Crippen molar-refractivity contribution < 1.29 is 4.74 Å². The summed E-state index contributed by atoms with van der Waals surface area (Å²) in [6.45, 7) is 10.9. The second kappa shape index (κ2) is 7.73. The van der Waals surface area contributed by atoms with Gasteiger partial charge in [-0.25, -0.2) is 0 Å². The molecule has 2 unspecified atom stereocenters. The summed E-state index contributed by atoms with van der Waals surface area (Å²) >= 11 is 0. The first kappa shape index (κ1) is 16.9. The number of rotatable bonds is 9. The van der Waals surface area contributed by atoms with Crippen LogP contribution in [0.1, 0.15) is 26.0 Å². The van der Waals surface area contributed by atoms with E-state index >= 15 is 0 Å². The molecule has 1 aromatic heterocycles. The van der Waals surface area contributed by atoms with Crippen LogP contribution in [0, 0.1) is 17.8 Å². The molecule has 4 nitrogen and oxygen atoms in total. The molecule has 2 aliphatic rings. The predicted octanol–water partition coefficient (Wildman–Crippen LogP) is 2.51. The second-order valence-electron chi connectivity index (χ2n) is 7.51. The molecule has 1 saturated carbocycles. The van der Waals surface area contributed by atoms with E-state index in [1.165, 1.54) is 18.8 Å². The molecule has 23 heavy (non-hydrogen) atoms. The quantitative estimate of drug-likeness (QED) is 0.654. The lowest BCUT2D eigenvalue weighted by Gasteiger charge is -2.21. The molecule has 1 aromatic rings. The Morgan fingerprint density at radius 2 is 2.09 bits per heavy atom. The Morgan fingerprint density at radius 3 is 2.74 bits per heavy atom. The normalized spacial score (nSPS) is 26.9. The van der Waals surface area contributed by atoms with Crippen molar-refractivity contribution in [3.8, 4) is 0 Å². The summed E-state index contributed by atoms with van der Waals surface area (Å²) < 4.78 is 5.92. The molecule has 4 heteroatoms. The minimum Gasteiger partial charge on any atom is -0.381 e. The predicted molar refractivity (Wildman–Crippen MR) is 93.2 cm³/mol. The Morgan fingerprint density at radius 1 is 1.30 bits per heavy atom. The number of hydrogen-bond donors (Lipinski definition) is 0. The van der Waals surface area contributed by atoms with E-state index in [4.69, 9.17) is 4.74 Å². The molecular formula is C19H31N3O. The van der Waals surface area contributed by atoms with Crippen LogP contribution >= 0.6 is 0 Å². The topological polar surface area (TPSA) is 28.6 Å². The fourth-order valence-corrected chi connectivity index (χ4v) is 3.73. The highest BCUT2D eigenvalue weighted by atomic mass is 16.5. The summed E-state index contributed by atoms with van der Waals surface area (Å²) in [5.41, 5.74) is 1.19. The van der Waals surface area contributed by atoms with Crippen molar-refractivity contribution in [3.05, 3.63) is 30.1 Å². The lowest BCUT2D eigenvalue weighted by molar-refractivity contribution is 0.0988. The molecule has 0 radical (unpaired) electrons. The third-order valence-electron chi connectivity index (χ3n) is 5.55. The molecule has 2 heterocycles. The van der Waals surface area contributed by atoms with Crippen molar-refractivity contribution in [2.75, 3.05) is 39.9 Å². The van der Waals surface area contributed by atoms with Crippen molar-refractivity contribution in [1.82, 2.24) is 14.8 Å². The van der Waals surface area contributed by atoms with E-state index in [0.29, 0.717) is 6.04 Å². The molecule has 0 N–H and O–H groups in total. The maximum Gasteiger partial charge on any atom is 0.0543 e. The van der Waals surface area contributed by atoms with Crippen LogP contribution in [0.3, 0.4) is 0 Å². The van der Waals surface area contributed by atoms with Crippen LogP contribution in [0.25, 0.3) is 0 Å². The number of fused-ring (bicyclic) bond motifs is 1. The highest BCUT2D eigenvalue weighted by Crippen LogP contribution is 2.51. The molecule has 2 atom stereocenters. The van der Waals surface area contributed by atoms with Crippen molar-refractivity contribution in [1.29, 1.82) is 0 Å². The Hall–Kier alpha value is -0.970. The molecule has 1 aliphatic heterocycles. The number of pyridine rings is 1. The highest BCUT2D eigenvalue weighted by Gasteiger charge is 2.55. The van der Waals surface area contributed by atoms with Gasteiger partial charge in [0, 0.05) is 45.0 Å². The van der Waals surface area contributed by atoms with Crippen molar-refractivity contribution >= 4 is 0 Å². The number of aromatic nitrogens is 1. The van der Waals surface area contributed by atoms with Crippen LogP contribution in [0.4, 0.5) is 0 Å². The monoisotopic (exact) mass is 317 g/mol. The fourth-order valence-electron chi connectivity index (χ4n) is 3.73. The van der Waals surface area contributed by atoms with Gasteiger partial charge in [-0.05, 0) is 57.2 Å². The van der Waals surface area contributed by atoms with Crippen LogP contribution < -0.4 is 0 Å². The molecule has 0 bridgehead atoms. The third-order valence-corrected chi connectivity index (χ3v) is 5.55. The maximum absolute atomic E-state index is 5.92. The van der Waals surface area contributed by atoms with Gasteiger partial charge in [0.15, 0.2) is 0 Å². The lowest BCUT2D eigenvalue weighted by atomic mass is 10.2. The molecule has 1 aliphatic carbocycles. The second-order valence-corrected chi connectivity index (χ2v) is 7.51. The molecule has 2 fully saturated rings. The molecule has 128 valence electrons. The molecule has 0 amide bonds. The maximum atomic E-state index is 5.92. The Labute approximate surface area is 140 Å². The minimum absolute atomic E-state index is 0.628. The van der Waals surface area contributed by atoms with Crippen LogP contribution in [0.15, 0.2) is 24.4 Å². The first-order valence-corrected chi connectivity index (χ1v) is 9.05. The van der Waals surface area contributed by atoms with E-state index in [1.54, 1.807) is 0 Å². The van der Waals surface area contributed by atoms with Gasteiger partial charge in [-0.2, -0.15) is 0 Å². The average molecular weight is 317 g/mol. The first-order chi connectivity index (χ1) is 11.1. The highest BCUT2D eigenvalue weighted by molar-refractivity contribution is 5.08. The summed E-state index contributed by atoms with van der Waals surface area (Å²) in [6.07, 6.45) is 3.03. The zero-order valence-corrected chi connectivity index (χ0v) is 14.8. The van der Waals surface area contributed by atoms with E-state index in [9.17, 15) is 0 Å². The van der Waals surface area contributed by atoms with E-state index in [2.05, 4.69) is 47.8 Å². The van der Waals surface area contributed by atoms with Gasteiger partial charge in [-0.3, -0.25) is 9.88 Å².